The molecule has 196 valence electrons. The predicted octanol–water partition coefficient (Wildman–Crippen LogP) is 4.71. The fourth-order valence-electron chi connectivity index (χ4n) is 3.87. The second-order valence-electron chi connectivity index (χ2n) is 8.63. The first kappa shape index (κ1) is 26.9. The molecule has 4 rings (SSSR count). The number of carbonyl (C=O) groups excluding carboxylic acids is 3. The lowest BCUT2D eigenvalue weighted by atomic mass is 10.0. The van der Waals surface area contributed by atoms with Crippen molar-refractivity contribution >= 4 is 51.3 Å². The molecule has 0 aromatic heterocycles. The number of carbonyl (C=O) groups is 3. The van der Waals surface area contributed by atoms with Gasteiger partial charge in [0.05, 0.1) is 17.8 Å². The number of urea groups is 1. The lowest BCUT2D eigenvalue weighted by molar-refractivity contribution is -0.122. The molecule has 1 aliphatic rings. The van der Waals surface area contributed by atoms with Crippen LogP contribution in [0.15, 0.2) is 65.1 Å². The summed E-state index contributed by atoms with van der Waals surface area (Å²) < 4.78 is 36.1. The average molecular weight is 555 g/mol. The zero-order valence-electron chi connectivity index (χ0n) is 20.9. The van der Waals surface area contributed by atoms with Gasteiger partial charge in [-0.25, -0.2) is 9.69 Å². The van der Waals surface area contributed by atoms with Gasteiger partial charge in [0.1, 0.15) is 10.5 Å². The van der Waals surface area contributed by atoms with Crippen LogP contribution < -0.4 is 19.1 Å². The van der Waals surface area contributed by atoms with Crippen molar-refractivity contribution in [3.63, 3.8) is 0 Å². The van der Waals surface area contributed by atoms with Crippen molar-refractivity contribution in [2.45, 2.75) is 25.7 Å². The van der Waals surface area contributed by atoms with Crippen molar-refractivity contribution in [1.29, 1.82) is 0 Å². The molecule has 1 N–H and O–H groups in total. The first-order valence-corrected chi connectivity index (χ1v) is 13.1. The number of hydrogen-bond donors (Lipinski definition) is 1. The largest absolute Gasteiger partial charge is 0.493 e. The highest BCUT2D eigenvalue weighted by molar-refractivity contribution is 7.87. The Bertz CT molecular complexity index is 1610. The summed E-state index contributed by atoms with van der Waals surface area (Å²) in [7, 11) is -2.95. The van der Waals surface area contributed by atoms with Crippen molar-refractivity contribution < 1.29 is 31.7 Å². The number of barbiturate groups is 1. The van der Waals surface area contributed by atoms with Crippen LogP contribution in [0, 0.1) is 20.8 Å². The smallest absolute Gasteiger partial charge is 0.339 e. The van der Waals surface area contributed by atoms with E-state index in [0.29, 0.717) is 11.3 Å². The molecular weight excluding hydrogens is 532 g/mol. The van der Waals surface area contributed by atoms with Gasteiger partial charge in [-0.05, 0) is 68.3 Å². The molecule has 1 heterocycles. The highest BCUT2D eigenvalue weighted by Gasteiger charge is 2.37. The molecule has 1 saturated heterocycles. The number of methoxy groups -OCH3 is 1. The minimum atomic E-state index is -4.24. The lowest BCUT2D eigenvalue weighted by Crippen LogP contribution is -2.54. The van der Waals surface area contributed by atoms with Crippen LogP contribution in [0.2, 0.25) is 5.02 Å². The van der Waals surface area contributed by atoms with Crippen molar-refractivity contribution in [2.75, 3.05) is 12.0 Å². The van der Waals surface area contributed by atoms with Gasteiger partial charge in [0.25, 0.3) is 11.8 Å². The Morgan fingerprint density at radius 2 is 1.58 bits per heavy atom. The average Bonchev–Trinajstić information content (AvgIpc) is 2.84. The summed E-state index contributed by atoms with van der Waals surface area (Å²) in [6.07, 6.45) is 1.23. The Kier molecular flexibility index (Phi) is 7.30. The van der Waals surface area contributed by atoms with Gasteiger partial charge in [-0.1, -0.05) is 47.0 Å². The predicted molar refractivity (Wildman–Crippen MR) is 142 cm³/mol. The molecule has 0 radical (unpaired) electrons. The van der Waals surface area contributed by atoms with E-state index in [1.165, 1.54) is 37.5 Å². The third-order valence-electron chi connectivity index (χ3n) is 5.76. The SMILES string of the molecule is COc1cc(/C=C2\C(=O)NC(=O)N(c3ccc(C)cc3C)C2=O)cc(Cl)c1OS(=O)(=O)c1ccc(C)cc1. The minimum Gasteiger partial charge on any atom is -0.493 e. The number of amides is 4. The van der Waals surface area contributed by atoms with Gasteiger partial charge in [-0.15, -0.1) is 0 Å². The zero-order valence-corrected chi connectivity index (χ0v) is 22.4. The van der Waals surface area contributed by atoms with Gasteiger partial charge in [0.15, 0.2) is 5.75 Å². The van der Waals surface area contributed by atoms with E-state index in [4.69, 9.17) is 20.5 Å². The number of hydrogen-bond acceptors (Lipinski definition) is 7. The molecule has 0 unspecified atom stereocenters. The van der Waals surface area contributed by atoms with Crippen LogP contribution in [0.3, 0.4) is 0 Å². The standard InChI is InChI=1S/C27H23ClN2O7S/c1-15-5-8-19(9-6-15)38(34,35)37-24-21(28)13-18(14-23(24)36-4)12-20-25(31)29-27(33)30(26(20)32)22-10-7-16(2)11-17(22)3/h5-14H,1-4H3,(H,29,31,33)/b20-12+. The highest BCUT2D eigenvalue weighted by atomic mass is 35.5. The molecule has 38 heavy (non-hydrogen) atoms. The Hall–Kier alpha value is -4.15. The molecule has 0 saturated carbocycles. The van der Waals surface area contributed by atoms with Crippen LogP contribution in [-0.4, -0.2) is 33.4 Å². The fourth-order valence-corrected chi connectivity index (χ4v) is 5.13. The number of imide groups is 2. The van der Waals surface area contributed by atoms with Crippen molar-refractivity contribution in [3.8, 4) is 11.5 Å². The summed E-state index contributed by atoms with van der Waals surface area (Å²) in [4.78, 5) is 39.2. The molecule has 11 heteroatoms. The van der Waals surface area contributed by atoms with E-state index >= 15 is 0 Å². The summed E-state index contributed by atoms with van der Waals surface area (Å²) in [5, 5.41) is 2.03. The molecular formula is C27H23ClN2O7S. The number of ether oxygens (including phenoxy) is 1. The third-order valence-corrected chi connectivity index (χ3v) is 7.28. The normalized spacial score (nSPS) is 15.0. The van der Waals surface area contributed by atoms with E-state index in [9.17, 15) is 22.8 Å². The topological polar surface area (TPSA) is 119 Å². The Labute approximate surface area is 224 Å². The van der Waals surface area contributed by atoms with Crippen LogP contribution >= 0.6 is 11.6 Å². The quantitative estimate of drug-likeness (QED) is 0.266. The van der Waals surface area contributed by atoms with Gasteiger partial charge >= 0.3 is 16.1 Å². The van der Waals surface area contributed by atoms with E-state index in [1.807, 2.05) is 19.9 Å². The van der Waals surface area contributed by atoms with Gasteiger partial charge in [-0.3, -0.25) is 14.9 Å². The van der Waals surface area contributed by atoms with Crippen molar-refractivity contribution in [3.05, 3.63) is 87.4 Å². The maximum absolute atomic E-state index is 13.3. The summed E-state index contributed by atoms with van der Waals surface area (Å²) in [5.41, 5.74) is 2.72. The molecule has 1 fully saturated rings. The third kappa shape index (κ3) is 5.27. The second-order valence-corrected chi connectivity index (χ2v) is 10.6. The van der Waals surface area contributed by atoms with Crippen molar-refractivity contribution in [2.24, 2.45) is 0 Å². The number of rotatable bonds is 6. The maximum atomic E-state index is 13.3. The number of halogens is 1. The zero-order chi connectivity index (χ0) is 27.8. The van der Waals surface area contributed by atoms with Crippen LogP contribution in [0.1, 0.15) is 22.3 Å². The Balaban J connectivity index is 1.71. The van der Waals surface area contributed by atoms with E-state index in [0.717, 1.165) is 16.0 Å². The Morgan fingerprint density at radius 1 is 0.921 bits per heavy atom. The monoisotopic (exact) mass is 554 g/mol. The first-order chi connectivity index (χ1) is 17.9. The van der Waals surface area contributed by atoms with Crippen LogP contribution in [-0.2, 0) is 19.7 Å². The molecule has 0 aliphatic carbocycles. The molecule has 3 aromatic rings. The van der Waals surface area contributed by atoms with Crippen LogP contribution in [0.5, 0.6) is 11.5 Å². The number of nitrogens with one attached hydrogen (secondary N) is 1. The number of benzene rings is 3. The van der Waals surface area contributed by atoms with E-state index in [-0.39, 0.29) is 32.6 Å². The van der Waals surface area contributed by atoms with Crippen molar-refractivity contribution in [1.82, 2.24) is 5.32 Å². The molecule has 4 amide bonds. The molecule has 0 spiro atoms. The number of nitrogens with zero attached hydrogens (tertiary/aromatic N) is 1. The molecule has 0 bridgehead atoms. The van der Waals surface area contributed by atoms with Gasteiger partial charge in [-0.2, -0.15) is 8.42 Å². The van der Waals surface area contributed by atoms with E-state index < -0.39 is 28.0 Å². The van der Waals surface area contributed by atoms with Gasteiger partial charge in [0, 0.05) is 0 Å². The number of anilines is 1. The molecule has 1 aliphatic heterocycles. The summed E-state index contributed by atoms with van der Waals surface area (Å²) in [5.74, 6) is -2.03. The fraction of sp³-hybridized carbons (Fsp3) is 0.148. The molecule has 9 nitrogen and oxygen atoms in total. The summed E-state index contributed by atoms with van der Waals surface area (Å²) >= 11 is 6.36. The van der Waals surface area contributed by atoms with Crippen LogP contribution in [0.25, 0.3) is 6.08 Å². The number of aryl methyl sites for hydroxylation is 3. The summed E-state index contributed by atoms with van der Waals surface area (Å²) in [6, 6.07) is 13.0. The van der Waals surface area contributed by atoms with Gasteiger partial charge in [0.2, 0.25) is 5.75 Å². The van der Waals surface area contributed by atoms with Crippen LogP contribution in [0.4, 0.5) is 10.5 Å². The molecule has 0 atom stereocenters. The first-order valence-electron chi connectivity index (χ1n) is 11.3. The van der Waals surface area contributed by atoms with E-state index in [1.54, 1.807) is 31.2 Å². The van der Waals surface area contributed by atoms with E-state index in [2.05, 4.69) is 5.32 Å². The molecule has 3 aromatic carbocycles. The maximum Gasteiger partial charge on any atom is 0.339 e. The second kappa shape index (κ2) is 10.3. The highest BCUT2D eigenvalue weighted by Crippen LogP contribution is 2.39. The summed E-state index contributed by atoms with van der Waals surface area (Å²) in [6.45, 7) is 5.44. The van der Waals surface area contributed by atoms with Gasteiger partial charge < -0.3 is 8.92 Å². The Morgan fingerprint density at radius 3 is 2.21 bits per heavy atom. The lowest BCUT2D eigenvalue weighted by Gasteiger charge is -2.27. The minimum absolute atomic E-state index is 0.0500.